The summed E-state index contributed by atoms with van der Waals surface area (Å²) in [6, 6.07) is 14.2. The van der Waals surface area contributed by atoms with E-state index < -0.39 is 10.0 Å². The number of aromatic nitrogens is 2. The molecule has 2 N–H and O–H groups in total. The second-order valence-electron chi connectivity index (χ2n) is 5.91. The first-order valence-electron chi connectivity index (χ1n) is 8.28. The van der Waals surface area contributed by atoms with Crippen LogP contribution in [0.3, 0.4) is 0 Å². The SMILES string of the molecule is COc1cccc(-c2cc(Nc3cccc(NS(C)(=O)=O)c3)ncn2)c1OC. The van der Waals surface area contributed by atoms with E-state index in [1.54, 1.807) is 44.6 Å². The minimum Gasteiger partial charge on any atom is -0.493 e. The van der Waals surface area contributed by atoms with Gasteiger partial charge < -0.3 is 14.8 Å². The van der Waals surface area contributed by atoms with Gasteiger partial charge in [-0.3, -0.25) is 4.72 Å². The molecule has 0 aliphatic rings. The van der Waals surface area contributed by atoms with Crippen LogP contribution in [0.15, 0.2) is 54.9 Å². The summed E-state index contributed by atoms with van der Waals surface area (Å²) in [6.45, 7) is 0. The van der Waals surface area contributed by atoms with E-state index >= 15 is 0 Å². The van der Waals surface area contributed by atoms with Crippen LogP contribution in [0.5, 0.6) is 11.5 Å². The fraction of sp³-hybridized carbons (Fsp3) is 0.158. The molecule has 0 unspecified atom stereocenters. The van der Waals surface area contributed by atoms with Crippen molar-refractivity contribution < 1.29 is 17.9 Å². The third kappa shape index (κ3) is 4.68. The van der Waals surface area contributed by atoms with Gasteiger partial charge in [-0.2, -0.15) is 0 Å². The lowest BCUT2D eigenvalue weighted by atomic mass is 10.1. The third-order valence-electron chi connectivity index (χ3n) is 3.78. The Hall–Kier alpha value is -3.33. The first-order valence-corrected chi connectivity index (χ1v) is 10.2. The zero-order valence-corrected chi connectivity index (χ0v) is 16.4. The molecular weight excluding hydrogens is 380 g/mol. The molecule has 0 aliphatic heterocycles. The number of hydrogen-bond donors (Lipinski definition) is 2. The minimum absolute atomic E-state index is 0.455. The molecule has 0 saturated heterocycles. The molecule has 146 valence electrons. The molecule has 0 radical (unpaired) electrons. The van der Waals surface area contributed by atoms with Crippen molar-refractivity contribution in [3.8, 4) is 22.8 Å². The van der Waals surface area contributed by atoms with Crippen LogP contribution in [-0.4, -0.2) is 38.9 Å². The summed E-state index contributed by atoms with van der Waals surface area (Å²) in [6.07, 6.45) is 2.54. The van der Waals surface area contributed by atoms with Crippen molar-refractivity contribution in [2.24, 2.45) is 0 Å². The van der Waals surface area contributed by atoms with Crippen molar-refractivity contribution in [1.29, 1.82) is 0 Å². The number of methoxy groups -OCH3 is 2. The number of hydrogen-bond acceptors (Lipinski definition) is 7. The molecule has 1 heterocycles. The fourth-order valence-corrected chi connectivity index (χ4v) is 3.24. The number of benzene rings is 2. The Morgan fingerprint density at radius 2 is 1.68 bits per heavy atom. The second kappa shape index (κ2) is 8.13. The van der Waals surface area contributed by atoms with E-state index in [4.69, 9.17) is 9.47 Å². The number of anilines is 3. The molecule has 0 atom stereocenters. The highest BCUT2D eigenvalue weighted by Gasteiger charge is 2.13. The lowest BCUT2D eigenvalue weighted by molar-refractivity contribution is 0.356. The van der Waals surface area contributed by atoms with Crippen molar-refractivity contribution in [3.05, 3.63) is 54.9 Å². The average molecular weight is 400 g/mol. The second-order valence-corrected chi connectivity index (χ2v) is 7.66. The van der Waals surface area contributed by atoms with Crippen LogP contribution in [0.2, 0.25) is 0 Å². The minimum atomic E-state index is -3.35. The largest absolute Gasteiger partial charge is 0.493 e. The Balaban J connectivity index is 1.90. The van der Waals surface area contributed by atoms with Crippen LogP contribution in [0, 0.1) is 0 Å². The summed E-state index contributed by atoms with van der Waals surface area (Å²) in [5, 5.41) is 3.15. The molecule has 9 heteroatoms. The molecule has 0 fully saturated rings. The fourth-order valence-electron chi connectivity index (χ4n) is 2.68. The summed E-state index contributed by atoms with van der Waals surface area (Å²) >= 11 is 0. The third-order valence-corrected chi connectivity index (χ3v) is 4.39. The maximum atomic E-state index is 11.4. The summed E-state index contributed by atoms with van der Waals surface area (Å²) in [5.41, 5.74) is 2.55. The summed E-state index contributed by atoms with van der Waals surface area (Å²) in [5.74, 6) is 1.73. The highest BCUT2D eigenvalue weighted by Crippen LogP contribution is 2.37. The first kappa shape index (κ1) is 19.4. The zero-order chi connectivity index (χ0) is 20.1. The van der Waals surface area contributed by atoms with Gasteiger partial charge in [0.15, 0.2) is 11.5 Å². The van der Waals surface area contributed by atoms with Crippen molar-refractivity contribution in [2.75, 3.05) is 30.5 Å². The Labute approximate surface area is 163 Å². The van der Waals surface area contributed by atoms with E-state index in [-0.39, 0.29) is 0 Å². The topological polar surface area (TPSA) is 102 Å². The number of rotatable bonds is 7. The van der Waals surface area contributed by atoms with Gasteiger partial charge in [-0.15, -0.1) is 0 Å². The summed E-state index contributed by atoms with van der Waals surface area (Å²) in [4.78, 5) is 8.55. The van der Waals surface area contributed by atoms with Crippen molar-refractivity contribution in [1.82, 2.24) is 9.97 Å². The van der Waals surface area contributed by atoms with Crippen LogP contribution in [0.1, 0.15) is 0 Å². The van der Waals surface area contributed by atoms with Gasteiger partial charge in [0.25, 0.3) is 0 Å². The molecule has 0 spiro atoms. The van der Waals surface area contributed by atoms with Crippen LogP contribution >= 0.6 is 0 Å². The van der Waals surface area contributed by atoms with E-state index in [2.05, 4.69) is 20.0 Å². The summed E-state index contributed by atoms with van der Waals surface area (Å²) < 4.78 is 36.1. The maximum Gasteiger partial charge on any atom is 0.229 e. The van der Waals surface area contributed by atoms with E-state index in [9.17, 15) is 8.42 Å². The molecule has 1 aromatic heterocycles. The standard InChI is InChI=1S/C19H20N4O4S/c1-26-17-9-5-8-15(19(17)27-2)16-11-18(21-12-20-16)22-13-6-4-7-14(10-13)23-28(3,24)25/h4-12,23H,1-3H3,(H,20,21,22). The number of nitrogens with one attached hydrogen (secondary N) is 2. The van der Waals surface area contributed by atoms with Crippen molar-refractivity contribution in [2.45, 2.75) is 0 Å². The molecular formula is C19H20N4O4S. The van der Waals surface area contributed by atoms with Crippen LogP contribution in [-0.2, 0) is 10.0 Å². The Kier molecular flexibility index (Phi) is 5.65. The van der Waals surface area contributed by atoms with Crippen molar-refractivity contribution >= 4 is 27.2 Å². The molecule has 8 nitrogen and oxygen atoms in total. The van der Waals surface area contributed by atoms with Gasteiger partial charge in [0.05, 0.1) is 31.9 Å². The number of ether oxygens (including phenoxy) is 2. The lowest BCUT2D eigenvalue weighted by Gasteiger charge is -2.13. The van der Waals surface area contributed by atoms with Crippen LogP contribution in [0.25, 0.3) is 11.3 Å². The predicted octanol–water partition coefficient (Wildman–Crippen LogP) is 3.28. The molecule has 0 aliphatic carbocycles. The molecule has 2 aromatic carbocycles. The number of sulfonamides is 1. The molecule has 3 rings (SSSR count). The quantitative estimate of drug-likeness (QED) is 0.627. The van der Waals surface area contributed by atoms with Gasteiger partial charge in [0.1, 0.15) is 12.1 Å². The summed E-state index contributed by atoms with van der Waals surface area (Å²) in [7, 11) is -0.206. The molecule has 0 bridgehead atoms. The van der Waals surface area contributed by atoms with Crippen molar-refractivity contribution in [3.63, 3.8) is 0 Å². The normalized spacial score (nSPS) is 11.0. The van der Waals surface area contributed by atoms with Gasteiger partial charge >= 0.3 is 0 Å². The predicted molar refractivity (Wildman–Crippen MR) is 109 cm³/mol. The van der Waals surface area contributed by atoms with E-state index in [0.29, 0.717) is 34.4 Å². The van der Waals surface area contributed by atoms with E-state index in [0.717, 1.165) is 11.8 Å². The average Bonchev–Trinajstić information content (AvgIpc) is 2.66. The van der Waals surface area contributed by atoms with Gasteiger partial charge in [-0.1, -0.05) is 12.1 Å². The van der Waals surface area contributed by atoms with Gasteiger partial charge in [-0.05, 0) is 30.3 Å². The highest BCUT2D eigenvalue weighted by atomic mass is 32.2. The monoisotopic (exact) mass is 400 g/mol. The Morgan fingerprint density at radius 3 is 2.39 bits per heavy atom. The highest BCUT2D eigenvalue weighted by molar-refractivity contribution is 7.92. The Morgan fingerprint density at radius 1 is 0.929 bits per heavy atom. The number of nitrogens with zero attached hydrogens (tertiary/aromatic N) is 2. The van der Waals surface area contributed by atoms with E-state index in [1.165, 1.54) is 6.33 Å². The molecule has 28 heavy (non-hydrogen) atoms. The maximum absolute atomic E-state index is 11.4. The molecule has 0 saturated carbocycles. The zero-order valence-electron chi connectivity index (χ0n) is 15.6. The lowest BCUT2D eigenvalue weighted by Crippen LogP contribution is -2.09. The Bertz CT molecular complexity index is 1090. The smallest absolute Gasteiger partial charge is 0.229 e. The molecule has 0 amide bonds. The first-order chi connectivity index (χ1) is 13.4. The van der Waals surface area contributed by atoms with E-state index in [1.807, 2.05) is 18.2 Å². The van der Waals surface area contributed by atoms with Gasteiger partial charge in [-0.25, -0.2) is 18.4 Å². The van der Waals surface area contributed by atoms with Gasteiger partial charge in [0.2, 0.25) is 10.0 Å². The van der Waals surface area contributed by atoms with Gasteiger partial charge in [0, 0.05) is 17.3 Å². The van der Waals surface area contributed by atoms with Crippen LogP contribution in [0.4, 0.5) is 17.2 Å². The number of para-hydroxylation sites is 1. The molecule has 3 aromatic rings. The van der Waals surface area contributed by atoms with Crippen LogP contribution < -0.4 is 19.5 Å².